The minimum Gasteiger partial charge on any atom is -0.494 e. The zero-order valence-electron chi connectivity index (χ0n) is 21.4. The maximum Gasteiger partial charge on any atom is 0.262 e. The maximum atomic E-state index is 14.0. The quantitative estimate of drug-likeness (QED) is 0.279. The zero-order valence-corrected chi connectivity index (χ0v) is 23.0. The summed E-state index contributed by atoms with van der Waals surface area (Å²) in [6.45, 7) is 5.21. The average Bonchev–Trinajstić information content (AvgIpc) is 2.91. The molecule has 0 aliphatic heterocycles. The molecule has 1 amide bonds. The molecule has 1 saturated carbocycles. The molecule has 3 rings (SSSR count). The predicted octanol–water partition coefficient (Wildman–Crippen LogP) is 4.34. The van der Waals surface area contributed by atoms with Gasteiger partial charge in [-0.1, -0.05) is 13.8 Å². The van der Waals surface area contributed by atoms with Gasteiger partial charge in [0.2, 0.25) is 10.0 Å². The summed E-state index contributed by atoms with van der Waals surface area (Å²) in [6.07, 6.45) is 7.70. The van der Waals surface area contributed by atoms with Crippen molar-refractivity contribution in [1.82, 2.24) is 14.8 Å². The highest BCUT2D eigenvalue weighted by atomic mass is 35.5. The first-order valence-electron chi connectivity index (χ1n) is 12.6. The van der Waals surface area contributed by atoms with Crippen molar-refractivity contribution in [2.45, 2.75) is 76.0 Å². The Balaban J connectivity index is 0.00000481. The van der Waals surface area contributed by atoms with Gasteiger partial charge in [-0.15, -0.1) is 12.4 Å². The topological polar surface area (TPSA) is 118 Å². The standard InChI is InChI=1S/C26H37N3O6S.ClH/c1-3-17-34-22-7-5-21(6-8-22)25(26(30)28-31)29(19-20-13-15-27-16-14-20)36(32,33)24-11-9-23(10-12-24)35-18-4-2;/h9-16,21-22,25,31H,3-8,17-19H2,1-2H3,(H,28,30);1H. The van der Waals surface area contributed by atoms with Gasteiger partial charge >= 0.3 is 0 Å². The van der Waals surface area contributed by atoms with Crippen LogP contribution in [0.4, 0.5) is 0 Å². The van der Waals surface area contributed by atoms with Crippen LogP contribution in [0.2, 0.25) is 0 Å². The predicted molar refractivity (Wildman–Crippen MR) is 142 cm³/mol. The van der Waals surface area contributed by atoms with Gasteiger partial charge in [0.1, 0.15) is 11.8 Å². The number of aromatic nitrogens is 1. The summed E-state index contributed by atoms with van der Waals surface area (Å²) in [4.78, 5) is 17.1. The summed E-state index contributed by atoms with van der Waals surface area (Å²) in [6, 6.07) is 8.55. The van der Waals surface area contributed by atoms with Crippen molar-refractivity contribution in [2.24, 2.45) is 5.92 Å². The van der Waals surface area contributed by atoms with Gasteiger partial charge < -0.3 is 9.47 Å². The molecule has 1 aromatic heterocycles. The minimum atomic E-state index is -4.11. The molecule has 2 N–H and O–H groups in total. The van der Waals surface area contributed by atoms with Gasteiger partial charge in [-0.2, -0.15) is 4.31 Å². The molecule has 0 radical (unpaired) electrons. The fourth-order valence-corrected chi connectivity index (χ4v) is 6.20. The van der Waals surface area contributed by atoms with E-state index in [0.717, 1.165) is 25.7 Å². The Hall–Kier alpha value is -2.24. The van der Waals surface area contributed by atoms with Crippen molar-refractivity contribution in [3.8, 4) is 5.75 Å². The van der Waals surface area contributed by atoms with Crippen LogP contribution in [0.15, 0.2) is 53.7 Å². The Labute approximate surface area is 226 Å². The molecular weight excluding hydrogens is 518 g/mol. The molecular formula is C26H38ClN3O6S. The van der Waals surface area contributed by atoms with Crippen LogP contribution in [-0.2, 0) is 26.1 Å². The molecule has 0 spiro atoms. The molecule has 1 atom stereocenters. The first-order valence-corrected chi connectivity index (χ1v) is 14.0. The highest BCUT2D eigenvalue weighted by molar-refractivity contribution is 7.89. The van der Waals surface area contributed by atoms with Crippen LogP contribution in [0.5, 0.6) is 5.75 Å². The summed E-state index contributed by atoms with van der Waals surface area (Å²) in [7, 11) is -4.11. The highest BCUT2D eigenvalue weighted by Crippen LogP contribution is 2.34. The first-order chi connectivity index (χ1) is 17.4. The molecule has 11 heteroatoms. The molecule has 1 fully saturated rings. The molecule has 0 saturated heterocycles. The molecule has 206 valence electrons. The largest absolute Gasteiger partial charge is 0.494 e. The van der Waals surface area contributed by atoms with Crippen LogP contribution in [0.25, 0.3) is 0 Å². The summed E-state index contributed by atoms with van der Waals surface area (Å²) in [5, 5.41) is 9.60. The Kier molecular flexibility index (Phi) is 12.8. The lowest BCUT2D eigenvalue weighted by atomic mass is 9.82. The second-order valence-corrected chi connectivity index (χ2v) is 10.9. The lowest BCUT2D eigenvalue weighted by Gasteiger charge is -2.38. The second-order valence-electron chi connectivity index (χ2n) is 9.05. The maximum absolute atomic E-state index is 14.0. The van der Waals surface area contributed by atoms with Crippen LogP contribution in [0, 0.1) is 5.92 Å². The fourth-order valence-electron chi connectivity index (χ4n) is 4.57. The van der Waals surface area contributed by atoms with Crippen molar-refractivity contribution in [1.29, 1.82) is 0 Å². The highest BCUT2D eigenvalue weighted by Gasteiger charge is 2.42. The molecule has 1 heterocycles. The van der Waals surface area contributed by atoms with E-state index in [9.17, 15) is 18.4 Å². The number of halogens is 1. The molecule has 1 aliphatic carbocycles. The number of ether oxygens (including phenoxy) is 2. The number of nitrogens with one attached hydrogen (secondary N) is 1. The van der Waals surface area contributed by atoms with E-state index in [1.54, 1.807) is 42.1 Å². The molecule has 1 aromatic carbocycles. The normalized spacial score (nSPS) is 18.6. The molecule has 9 nitrogen and oxygen atoms in total. The monoisotopic (exact) mass is 555 g/mol. The zero-order chi connectivity index (χ0) is 26.0. The molecule has 1 unspecified atom stereocenters. The first kappa shape index (κ1) is 31.0. The fraction of sp³-hybridized carbons (Fsp3) is 0.538. The van der Waals surface area contributed by atoms with Gasteiger partial charge in [-0.3, -0.25) is 15.0 Å². The third-order valence-corrected chi connectivity index (χ3v) is 8.24. The van der Waals surface area contributed by atoms with Crippen LogP contribution < -0.4 is 10.2 Å². The van der Waals surface area contributed by atoms with Crippen molar-refractivity contribution < 1.29 is 27.9 Å². The van der Waals surface area contributed by atoms with E-state index in [1.165, 1.54) is 16.4 Å². The van der Waals surface area contributed by atoms with E-state index in [2.05, 4.69) is 11.9 Å². The molecule has 2 aromatic rings. The number of pyridine rings is 1. The number of carbonyl (C=O) groups excluding carboxylic acids is 1. The second kappa shape index (κ2) is 15.2. The number of hydroxylamine groups is 1. The van der Waals surface area contributed by atoms with E-state index in [1.807, 2.05) is 6.92 Å². The number of hydrogen-bond donors (Lipinski definition) is 2. The van der Waals surface area contributed by atoms with Gasteiger partial charge in [0, 0.05) is 25.5 Å². The van der Waals surface area contributed by atoms with Crippen LogP contribution in [-0.4, -0.2) is 54.2 Å². The Bertz CT molecular complexity index is 1050. The average molecular weight is 556 g/mol. The summed E-state index contributed by atoms with van der Waals surface area (Å²) in [5.74, 6) is -0.442. The van der Waals surface area contributed by atoms with E-state index < -0.39 is 22.0 Å². The number of hydrogen-bond acceptors (Lipinski definition) is 7. The molecule has 0 bridgehead atoms. The lowest BCUT2D eigenvalue weighted by Crippen LogP contribution is -2.53. The minimum absolute atomic E-state index is 0. The third kappa shape index (κ3) is 8.38. The van der Waals surface area contributed by atoms with Crippen LogP contribution >= 0.6 is 12.4 Å². The van der Waals surface area contributed by atoms with Crippen LogP contribution in [0.1, 0.15) is 57.9 Å². The van der Waals surface area contributed by atoms with Crippen molar-refractivity contribution >= 4 is 28.3 Å². The number of rotatable bonds is 13. The number of sulfonamides is 1. The third-order valence-electron chi connectivity index (χ3n) is 6.40. The summed E-state index contributed by atoms with van der Waals surface area (Å²) < 4.78 is 40.6. The van der Waals surface area contributed by atoms with Gasteiger partial charge in [0.25, 0.3) is 5.91 Å². The van der Waals surface area contributed by atoms with Gasteiger partial charge in [-0.25, -0.2) is 13.9 Å². The number of nitrogens with zero attached hydrogens (tertiary/aromatic N) is 2. The van der Waals surface area contributed by atoms with E-state index in [-0.39, 0.29) is 35.9 Å². The summed E-state index contributed by atoms with van der Waals surface area (Å²) >= 11 is 0. The lowest BCUT2D eigenvalue weighted by molar-refractivity contribution is -0.136. The van der Waals surface area contributed by atoms with Gasteiger partial charge in [0.05, 0.1) is 17.6 Å². The van der Waals surface area contributed by atoms with Crippen molar-refractivity contribution in [3.63, 3.8) is 0 Å². The Morgan fingerprint density at radius 1 is 1.05 bits per heavy atom. The van der Waals surface area contributed by atoms with Gasteiger partial charge in [0.15, 0.2) is 0 Å². The Morgan fingerprint density at radius 3 is 2.24 bits per heavy atom. The van der Waals surface area contributed by atoms with Crippen molar-refractivity contribution in [2.75, 3.05) is 13.2 Å². The smallest absolute Gasteiger partial charge is 0.262 e. The van der Waals surface area contributed by atoms with Crippen LogP contribution in [0.3, 0.4) is 0 Å². The molecule has 37 heavy (non-hydrogen) atoms. The van der Waals surface area contributed by atoms with Crippen molar-refractivity contribution in [3.05, 3.63) is 54.4 Å². The molecule has 1 aliphatic rings. The SMILES string of the molecule is CCCOc1ccc(S(=O)(=O)N(Cc2ccncc2)C(C(=O)NO)C2CCC(OCCC)CC2)cc1.Cl. The Morgan fingerprint density at radius 2 is 1.68 bits per heavy atom. The van der Waals surface area contributed by atoms with E-state index >= 15 is 0 Å². The number of carbonyl (C=O) groups is 1. The number of benzene rings is 1. The van der Waals surface area contributed by atoms with Gasteiger partial charge in [-0.05, 0) is 86.4 Å². The summed E-state index contributed by atoms with van der Waals surface area (Å²) in [5.41, 5.74) is 2.41. The van der Waals surface area contributed by atoms with E-state index in [4.69, 9.17) is 9.47 Å². The van der Waals surface area contributed by atoms with E-state index in [0.29, 0.717) is 37.4 Å². The number of amides is 1.